The van der Waals surface area contributed by atoms with Crippen LogP contribution in [0.1, 0.15) is 65.2 Å². The number of carbonyl (C=O) groups excluding carboxylic acids is 2. The van der Waals surface area contributed by atoms with Crippen molar-refractivity contribution in [3.63, 3.8) is 0 Å². The number of halogens is 3. The number of piperidine rings is 1. The summed E-state index contributed by atoms with van der Waals surface area (Å²) >= 11 is 1.42. The van der Waals surface area contributed by atoms with E-state index >= 15 is 0 Å². The van der Waals surface area contributed by atoms with E-state index in [9.17, 15) is 22.8 Å². The van der Waals surface area contributed by atoms with Crippen molar-refractivity contribution in [2.45, 2.75) is 63.7 Å². The highest BCUT2D eigenvalue weighted by Crippen LogP contribution is 2.35. The second-order valence-electron chi connectivity index (χ2n) is 10.1. The van der Waals surface area contributed by atoms with E-state index in [-0.39, 0.29) is 36.0 Å². The standard InChI is InChI=1S/C27H30F3N5O3S/c1-17-14-22(27(28,29)30)32-35(17)15-24(36)34-12-10-19(11-13-34)25-31-23(16-39-25)38-26(37)33(2)21-9-5-7-18-6-3-4-8-20(18)21/h3-4,6,8,14,16,19,21H,5,7,9-13,15H2,1-2H3/t21-/m1/s1. The number of likely N-dealkylation sites (tertiary alicyclic amines) is 1. The average Bonchev–Trinajstić information content (AvgIpc) is 3.54. The molecule has 2 amide bonds. The largest absolute Gasteiger partial charge is 0.435 e. The molecular formula is C27H30F3N5O3S. The van der Waals surface area contributed by atoms with Crippen molar-refractivity contribution in [1.82, 2.24) is 24.6 Å². The summed E-state index contributed by atoms with van der Waals surface area (Å²) in [5, 5.41) is 6.12. The molecule has 12 heteroatoms. The van der Waals surface area contributed by atoms with E-state index in [1.54, 1.807) is 22.2 Å². The Bertz CT molecular complexity index is 1350. The summed E-state index contributed by atoms with van der Waals surface area (Å²) in [6.07, 6.45) is -0.763. The Balaban J connectivity index is 1.14. The highest BCUT2D eigenvalue weighted by Gasteiger charge is 2.35. The molecule has 1 saturated heterocycles. The number of thiazole rings is 1. The number of ether oxygens (including phenoxy) is 1. The molecule has 0 bridgehead atoms. The molecule has 1 aliphatic heterocycles. The number of alkyl halides is 3. The SMILES string of the molecule is Cc1cc(C(F)(F)F)nn1CC(=O)N1CCC(c2nc(OC(=O)N(C)[C@@H]3CCCc4ccccc43)cs2)CC1. The molecule has 8 nitrogen and oxygen atoms in total. The Labute approximate surface area is 228 Å². The van der Waals surface area contributed by atoms with E-state index in [0.29, 0.717) is 25.9 Å². The highest BCUT2D eigenvalue weighted by atomic mass is 32.1. The maximum absolute atomic E-state index is 12.9. The molecule has 0 unspecified atom stereocenters. The van der Waals surface area contributed by atoms with E-state index in [4.69, 9.17) is 4.74 Å². The lowest BCUT2D eigenvalue weighted by atomic mass is 9.87. The normalized spacial score (nSPS) is 18.1. The number of aromatic nitrogens is 3. The van der Waals surface area contributed by atoms with Crippen LogP contribution in [0.3, 0.4) is 0 Å². The molecule has 208 valence electrons. The van der Waals surface area contributed by atoms with Gasteiger partial charge in [0.05, 0.1) is 16.4 Å². The highest BCUT2D eigenvalue weighted by molar-refractivity contribution is 7.09. The maximum atomic E-state index is 12.9. The number of fused-ring (bicyclic) bond motifs is 1. The van der Waals surface area contributed by atoms with Crippen molar-refractivity contribution < 1.29 is 27.5 Å². The maximum Gasteiger partial charge on any atom is 0.435 e. The lowest BCUT2D eigenvalue weighted by Crippen LogP contribution is -2.40. The summed E-state index contributed by atoms with van der Waals surface area (Å²) in [6, 6.07) is 9.09. The minimum Gasteiger partial charge on any atom is -0.390 e. The van der Waals surface area contributed by atoms with E-state index in [1.807, 2.05) is 12.1 Å². The number of amides is 2. The number of rotatable bonds is 5. The molecule has 1 fully saturated rings. The van der Waals surface area contributed by atoms with Gasteiger partial charge in [0.2, 0.25) is 11.8 Å². The molecule has 1 atom stereocenters. The molecule has 0 spiro atoms. The molecule has 2 aromatic heterocycles. The van der Waals surface area contributed by atoms with Gasteiger partial charge in [-0.25, -0.2) is 9.78 Å². The van der Waals surface area contributed by atoms with Gasteiger partial charge >= 0.3 is 12.3 Å². The monoisotopic (exact) mass is 561 g/mol. The van der Waals surface area contributed by atoms with Crippen LogP contribution in [0, 0.1) is 6.92 Å². The molecule has 0 radical (unpaired) electrons. The Morgan fingerprint density at radius 1 is 1.18 bits per heavy atom. The summed E-state index contributed by atoms with van der Waals surface area (Å²) in [6.45, 7) is 2.20. The third-order valence-electron chi connectivity index (χ3n) is 7.54. The third kappa shape index (κ3) is 5.95. The van der Waals surface area contributed by atoms with Crippen LogP contribution in [-0.2, 0) is 23.9 Å². The molecule has 3 heterocycles. The van der Waals surface area contributed by atoms with Crippen LogP contribution in [0.15, 0.2) is 35.7 Å². The van der Waals surface area contributed by atoms with Crippen molar-refractivity contribution in [3.05, 3.63) is 63.2 Å². The summed E-state index contributed by atoms with van der Waals surface area (Å²) in [5.74, 6) is 0.108. The van der Waals surface area contributed by atoms with Gasteiger partial charge in [0.15, 0.2) is 5.69 Å². The first-order valence-electron chi connectivity index (χ1n) is 13.0. The van der Waals surface area contributed by atoms with Gasteiger partial charge in [0.1, 0.15) is 6.54 Å². The molecule has 0 N–H and O–H groups in total. The number of hydrogen-bond acceptors (Lipinski definition) is 6. The van der Waals surface area contributed by atoms with Crippen LogP contribution < -0.4 is 4.74 Å². The van der Waals surface area contributed by atoms with Gasteiger partial charge in [0, 0.05) is 31.7 Å². The molecule has 0 saturated carbocycles. The number of hydrogen-bond donors (Lipinski definition) is 0. The third-order valence-corrected chi connectivity index (χ3v) is 8.53. The van der Waals surface area contributed by atoms with Gasteiger partial charge < -0.3 is 14.5 Å². The first-order valence-corrected chi connectivity index (χ1v) is 13.9. The van der Waals surface area contributed by atoms with Crippen LogP contribution in [0.5, 0.6) is 5.88 Å². The quantitative estimate of drug-likeness (QED) is 0.406. The zero-order valence-corrected chi connectivity index (χ0v) is 22.6. The summed E-state index contributed by atoms with van der Waals surface area (Å²) in [5.41, 5.74) is 1.71. The minimum atomic E-state index is -4.55. The smallest absolute Gasteiger partial charge is 0.390 e. The predicted octanol–water partition coefficient (Wildman–Crippen LogP) is 5.58. The van der Waals surface area contributed by atoms with Crippen molar-refractivity contribution >= 4 is 23.3 Å². The van der Waals surface area contributed by atoms with Crippen molar-refractivity contribution in [3.8, 4) is 5.88 Å². The van der Waals surface area contributed by atoms with Crippen LogP contribution in [0.25, 0.3) is 0 Å². The van der Waals surface area contributed by atoms with Crippen LogP contribution >= 0.6 is 11.3 Å². The van der Waals surface area contributed by atoms with Crippen molar-refractivity contribution in [2.75, 3.05) is 20.1 Å². The van der Waals surface area contributed by atoms with Crippen LogP contribution in [-0.4, -0.2) is 56.7 Å². The average molecular weight is 562 g/mol. The van der Waals surface area contributed by atoms with Crippen LogP contribution in [0.2, 0.25) is 0 Å². The lowest BCUT2D eigenvalue weighted by molar-refractivity contribution is -0.142. The van der Waals surface area contributed by atoms with E-state index in [0.717, 1.165) is 40.6 Å². The van der Waals surface area contributed by atoms with Gasteiger partial charge in [-0.05, 0) is 56.2 Å². The number of benzene rings is 1. The zero-order chi connectivity index (χ0) is 27.7. The van der Waals surface area contributed by atoms with Crippen LogP contribution in [0.4, 0.5) is 18.0 Å². The summed E-state index contributed by atoms with van der Waals surface area (Å²) in [4.78, 5) is 33.5. The van der Waals surface area contributed by atoms with Crippen molar-refractivity contribution in [2.24, 2.45) is 0 Å². The van der Waals surface area contributed by atoms with Crippen molar-refractivity contribution in [1.29, 1.82) is 0 Å². The molecular weight excluding hydrogens is 531 g/mol. The fraction of sp³-hybridized carbons (Fsp3) is 0.481. The summed E-state index contributed by atoms with van der Waals surface area (Å²) < 4.78 is 45.5. The van der Waals surface area contributed by atoms with Gasteiger partial charge in [-0.15, -0.1) is 11.3 Å². The Morgan fingerprint density at radius 3 is 2.64 bits per heavy atom. The summed E-state index contributed by atoms with van der Waals surface area (Å²) in [7, 11) is 1.75. The Hall–Kier alpha value is -3.41. The first-order chi connectivity index (χ1) is 18.6. The fourth-order valence-electron chi connectivity index (χ4n) is 5.34. The molecule has 5 rings (SSSR count). The second kappa shape index (κ2) is 11.0. The second-order valence-corrected chi connectivity index (χ2v) is 11.0. The molecule has 2 aliphatic rings. The molecule has 39 heavy (non-hydrogen) atoms. The van der Waals surface area contributed by atoms with Gasteiger partial charge in [-0.2, -0.15) is 18.3 Å². The predicted molar refractivity (Wildman–Crippen MR) is 139 cm³/mol. The van der Waals surface area contributed by atoms with E-state index in [1.165, 1.54) is 23.8 Å². The fourth-order valence-corrected chi connectivity index (χ4v) is 6.23. The van der Waals surface area contributed by atoms with E-state index < -0.39 is 18.0 Å². The topological polar surface area (TPSA) is 80.6 Å². The Morgan fingerprint density at radius 2 is 1.92 bits per heavy atom. The zero-order valence-electron chi connectivity index (χ0n) is 21.8. The lowest BCUT2D eigenvalue weighted by Gasteiger charge is -2.32. The first kappa shape index (κ1) is 27.2. The minimum absolute atomic E-state index is 0.0343. The number of carbonyl (C=O) groups is 2. The molecule has 1 aliphatic carbocycles. The van der Waals surface area contributed by atoms with Gasteiger partial charge in [0.25, 0.3) is 0 Å². The van der Waals surface area contributed by atoms with Gasteiger partial charge in [-0.1, -0.05) is 24.3 Å². The molecule has 1 aromatic carbocycles. The number of aryl methyl sites for hydroxylation is 2. The molecule has 3 aromatic rings. The van der Waals surface area contributed by atoms with E-state index in [2.05, 4.69) is 22.2 Å². The number of nitrogens with zero attached hydrogens (tertiary/aromatic N) is 5. The van der Waals surface area contributed by atoms with Gasteiger partial charge in [-0.3, -0.25) is 9.48 Å². The Kier molecular flexibility index (Phi) is 7.66.